The molecule has 5 nitrogen and oxygen atoms in total. The maximum atomic E-state index is 11.8. The zero-order chi connectivity index (χ0) is 14.6. The van der Waals surface area contributed by atoms with Crippen molar-refractivity contribution in [2.45, 2.75) is 5.75 Å². The first-order valence-corrected chi connectivity index (χ1v) is 8.06. The van der Waals surface area contributed by atoms with Crippen LogP contribution in [0.1, 0.15) is 5.56 Å². The van der Waals surface area contributed by atoms with E-state index in [1.807, 2.05) is 30.3 Å². The van der Waals surface area contributed by atoms with Crippen molar-refractivity contribution < 1.29 is 13.7 Å². The van der Waals surface area contributed by atoms with E-state index in [0.29, 0.717) is 31.2 Å². The number of amides is 1. The second-order valence-electron chi connectivity index (χ2n) is 4.29. The predicted molar refractivity (Wildman–Crippen MR) is 80.9 cm³/mol. The van der Waals surface area contributed by atoms with E-state index in [2.05, 4.69) is 10.6 Å². The molecule has 1 rings (SSSR count). The summed E-state index contributed by atoms with van der Waals surface area (Å²) >= 11 is 0. The van der Waals surface area contributed by atoms with Gasteiger partial charge >= 0.3 is 0 Å². The molecule has 0 aliphatic heterocycles. The Morgan fingerprint density at radius 1 is 1.25 bits per heavy atom. The fourth-order valence-electron chi connectivity index (χ4n) is 1.58. The molecular weight excluding hydrogens is 276 g/mol. The minimum atomic E-state index is -0.951. The van der Waals surface area contributed by atoms with E-state index in [4.69, 9.17) is 4.74 Å². The highest BCUT2D eigenvalue weighted by molar-refractivity contribution is 7.84. The largest absolute Gasteiger partial charge is 0.383 e. The first-order chi connectivity index (χ1) is 9.72. The highest BCUT2D eigenvalue weighted by Crippen LogP contribution is 2.02. The average molecular weight is 298 g/mol. The van der Waals surface area contributed by atoms with E-state index in [1.165, 1.54) is 0 Å². The summed E-state index contributed by atoms with van der Waals surface area (Å²) in [5.74, 6) is 0.916. The summed E-state index contributed by atoms with van der Waals surface area (Å²) in [6, 6.07) is 9.70. The molecule has 6 heteroatoms. The molecule has 0 aromatic heterocycles. The summed E-state index contributed by atoms with van der Waals surface area (Å²) in [5.41, 5.74) is 1.05. The number of benzene rings is 1. The number of methoxy groups -OCH3 is 1. The molecule has 0 bridgehead atoms. The van der Waals surface area contributed by atoms with Gasteiger partial charge in [0.1, 0.15) is 0 Å². The van der Waals surface area contributed by atoms with Gasteiger partial charge in [-0.1, -0.05) is 30.3 Å². The van der Waals surface area contributed by atoms with Crippen molar-refractivity contribution in [1.29, 1.82) is 0 Å². The van der Waals surface area contributed by atoms with Gasteiger partial charge in [-0.05, 0) is 5.56 Å². The van der Waals surface area contributed by atoms with Crippen LogP contribution in [-0.2, 0) is 26.1 Å². The van der Waals surface area contributed by atoms with E-state index in [9.17, 15) is 9.00 Å². The first kappa shape index (κ1) is 16.8. The minimum Gasteiger partial charge on any atom is -0.383 e. The van der Waals surface area contributed by atoms with E-state index in [-0.39, 0.29) is 12.5 Å². The second kappa shape index (κ2) is 10.5. The Kier molecular flexibility index (Phi) is 8.86. The van der Waals surface area contributed by atoms with Crippen LogP contribution in [-0.4, -0.2) is 49.2 Å². The van der Waals surface area contributed by atoms with Gasteiger partial charge in [-0.25, -0.2) is 0 Å². The first-order valence-electron chi connectivity index (χ1n) is 6.57. The van der Waals surface area contributed by atoms with E-state index in [0.717, 1.165) is 5.56 Å². The van der Waals surface area contributed by atoms with Crippen LogP contribution in [0.4, 0.5) is 0 Å². The molecule has 0 heterocycles. The van der Waals surface area contributed by atoms with Crippen LogP contribution < -0.4 is 10.6 Å². The quantitative estimate of drug-likeness (QED) is 0.609. The lowest BCUT2D eigenvalue weighted by molar-refractivity contribution is -0.120. The van der Waals surface area contributed by atoms with Crippen molar-refractivity contribution in [2.24, 2.45) is 0 Å². The third-order valence-corrected chi connectivity index (χ3v) is 3.91. The van der Waals surface area contributed by atoms with E-state index < -0.39 is 10.8 Å². The summed E-state index contributed by atoms with van der Waals surface area (Å²) in [7, 11) is 0.664. The van der Waals surface area contributed by atoms with Crippen LogP contribution in [0, 0.1) is 0 Å². The monoisotopic (exact) mass is 298 g/mol. The van der Waals surface area contributed by atoms with Gasteiger partial charge in [0.25, 0.3) is 0 Å². The van der Waals surface area contributed by atoms with Gasteiger partial charge in [0.05, 0.1) is 13.2 Å². The molecule has 1 aromatic carbocycles. The maximum absolute atomic E-state index is 11.8. The van der Waals surface area contributed by atoms with Gasteiger partial charge < -0.3 is 15.4 Å². The van der Waals surface area contributed by atoms with Crippen LogP contribution in [0.3, 0.4) is 0 Å². The molecule has 0 fully saturated rings. The predicted octanol–water partition coefficient (Wildman–Crippen LogP) is 0.288. The van der Waals surface area contributed by atoms with Crippen molar-refractivity contribution in [2.75, 3.05) is 39.1 Å². The summed E-state index contributed by atoms with van der Waals surface area (Å²) in [6.45, 7) is 1.91. The highest BCUT2D eigenvalue weighted by Gasteiger charge is 2.03. The SMILES string of the molecule is COCCNCC(=O)NCCS(=O)Cc1ccccc1. The van der Waals surface area contributed by atoms with Crippen LogP contribution >= 0.6 is 0 Å². The molecule has 0 spiro atoms. The number of carbonyl (C=O) groups is 1. The number of rotatable bonds is 10. The smallest absolute Gasteiger partial charge is 0.233 e. The molecule has 0 aliphatic carbocycles. The number of nitrogens with one attached hydrogen (secondary N) is 2. The van der Waals surface area contributed by atoms with E-state index in [1.54, 1.807) is 7.11 Å². The summed E-state index contributed by atoms with van der Waals surface area (Å²) < 4.78 is 16.7. The molecule has 0 saturated carbocycles. The standard InChI is InChI=1S/C14H22N2O3S/c1-19-9-7-15-11-14(17)16-8-10-20(18)12-13-5-3-2-4-6-13/h2-6,15H,7-12H2,1H3,(H,16,17). The molecule has 0 saturated heterocycles. The van der Waals surface area contributed by atoms with Gasteiger partial charge in [-0.3, -0.25) is 9.00 Å². The molecule has 20 heavy (non-hydrogen) atoms. The Morgan fingerprint density at radius 3 is 2.70 bits per heavy atom. The Hall–Kier alpha value is -1.24. The zero-order valence-electron chi connectivity index (χ0n) is 11.8. The zero-order valence-corrected chi connectivity index (χ0v) is 12.6. The lowest BCUT2D eigenvalue weighted by Crippen LogP contribution is -2.36. The van der Waals surface area contributed by atoms with Gasteiger partial charge in [-0.2, -0.15) is 0 Å². The topological polar surface area (TPSA) is 67.4 Å². The average Bonchev–Trinajstić information content (AvgIpc) is 2.45. The van der Waals surface area contributed by atoms with Crippen molar-refractivity contribution in [1.82, 2.24) is 10.6 Å². The highest BCUT2D eigenvalue weighted by atomic mass is 32.2. The molecule has 1 unspecified atom stereocenters. The molecular formula is C14H22N2O3S. The van der Waals surface area contributed by atoms with Gasteiger partial charge in [0.2, 0.25) is 5.91 Å². The van der Waals surface area contributed by atoms with E-state index >= 15 is 0 Å². The van der Waals surface area contributed by atoms with Crippen molar-refractivity contribution in [3.05, 3.63) is 35.9 Å². The maximum Gasteiger partial charge on any atom is 0.233 e. The number of hydrogen-bond acceptors (Lipinski definition) is 4. The summed E-state index contributed by atoms with van der Waals surface area (Å²) in [4.78, 5) is 11.4. The lowest BCUT2D eigenvalue weighted by Gasteiger charge is -2.06. The van der Waals surface area contributed by atoms with Crippen LogP contribution in [0.2, 0.25) is 0 Å². The number of hydrogen-bond donors (Lipinski definition) is 2. The number of carbonyl (C=O) groups excluding carboxylic acids is 1. The van der Waals surface area contributed by atoms with Crippen LogP contribution in [0.15, 0.2) is 30.3 Å². The Morgan fingerprint density at radius 2 is 2.00 bits per heavy atom. The third kappa shape index (κ3) is 8.04. The molecule has 0 aliphatic rings. The Balaban J connectivity index is 2.08. The van der Waals surface area contributed by atoms with Gasteiger partial charge in [0.15, 0.2) is 0 Å². The fraction of sp³-hybridized carbons (Fsp3) is 0.500. The normalized spacial score (nSPS) is 12.1. The van der Waals surface area contributed by atoms with Crippen molar-refractivity contribution in [3.63, 3.8) is 0 Å². The van der Waals surface area contributed by atoms with Crippen LogP contribution in [0.25, 0.3) is 0 Å². The summed E-state index contributed by atoms with van der Waals surface area (Å²) in [5, 5.41) is 5.69. The lowest BCUT2D eigenvalue weighted by atomic mass is 10.2. The van der Waals surface area contributed by atoms with Gasteiger partial charge in [0, 0.05) is 42.5 Å². The molecule has 112 valence electrons. The summed E-state index contributed by atoms with van der Waals surface area (Å²) in [6.07, 6.45) is 0. The molecule has 0 radical (unpaired) electrons. The Labute approximate surface area is 122 Å². The van der Waals surface area contributed by atoms with Crippen LogP contribution in [0.5, 0.6) is 0 Å². The van der Waals surface area contributed by atoms with Gasteiger partial charge in [-0.15, -0.1) is 0 Å². The fourth-order valence-corrected chi connectivity index (χ4v) is 2.61. The van der Waals surface area contributed by atoms with Crippen molar-refractivity contribution in [3.8, 4) is 0 Å². The Bertz CT molecular complexity index is 412. The molecule has 1 aromatic rings. The van der Waals surface area contributed by atoms with Crippen molar-refractivity contribution >= 4 is 16.7 Å². The molecule has 1 amide bonds. The number of ether oxygens (including phenoxy) is 1. The molecule has 2 N–H and O–H groups in total. The second-order valence-corrected chi connectivity index (χ2v) is 5.87. The molecule has 1 atom stereocenters. The minimum absolute atomic E-state index is 0.0854. The third-order valence-electron chi connectivity index (χ3n) is 2.59.